The first-order chi connectivity index (χ1) is 14.0. The highest BCUT2D eigenvalue weighted by atomic mass is 32.2. The average Bonchev–Trinajstić information content (AvgIpc) is 3.18. The van der Waals surface area contributed by atoms with Gasteiger partial charge in [0.2, 0.25) is 0 Å². The van der Waals surface area contributed by atoms with Crippen LogP contribution in [0.2, 0.25) is 0 Å². The molecule has 0 aliphatic carbocycles. The number of thiophene rings is 1. The van der Waals surface area contributed by atoms with E-state index in [9.17, 15) is 27.1 Å². The molecule has 158 valence electrons. The van der Waals surface area contributed by atoms with Crippen molar-refractivity contribution in [1.82, 2.24) is 9.71 Å². The van der Waals surface area contributed by atoms with Crippen molar-refractivity contribution in [3.05, 3.63) is 71.9 Å². The van der Waals surface area contributed by atoms with Crippen LogP contribution in [0.1, 0.15) is 25.3 Å². The zero-order valence-corrected chi connectivity index (χ0v) is 17.6. The number of rotatable bonds is 7. The van der Waals surface area contributed by atoms with Gasteiger partial charge in [-0.25, -0.2) is 22.2 Å². The number of pyridine rings is 1. The molecule has 0 saturated heterocycles. The van der Waals surface area contributed by atoms with Gasteiger partial charge in [-0.3, -0.25) is 4.79 Å². The number of hydrogen-bond acceptors (Lipinski definition) is 5. The maximum Gasteiger partial charge on any atom is 0.325 e. The number of benzene rings is 1. The molecule has 2 atom stereocenters. The van der Waals surface area contributed by atoms with Crippen LogP contribution in [0, 0.1) is 11.6 Å². The van der Waals surface area contributed by atoms with Crippen LogP contribution in [-0.2, 0) is 14.8 Å². The summed E-state index contributed by atoms with van der Waals surface area (Å²) in [6.07, 6.45) is 0.827. The lowest BCUT2D eigenvalue weighted by Crippen LogP contribution is -2.55. The van der Waals surface area contributed by atoms with Gasteiger partial charge in [0.25, 0.3) is 10.0 Å². The molecule has 2 heterocycles. The van der Waals surface area contributed by atoms with E-state index in [0.29, 0.717) is 23.0 Å². The number of sulfonamides is 1. The summed E-state index contributed by atoms with van der Waals surface area (Å²) < 4.78 is 55.0. The van der Waals surface area contributed by atoms with E-state index in [4.69, 9.17) is 0 Å². The first-order valence-corrected chi connectivity index (χ1v) is 11.1. The third-order valence-electron chi connectivity index (χ3n) is 4.84. The van der Waals surface area contributed by atoms with Crippen molar-refractivity contribution in [3.8, 4) is 10.6 Å². The van der Waals surface area contributed by atoms with Gasteiger partial charge < -0.3 is 5.11 Å². The van der Waals surface area contributed by atoms with Gasteiger partial charge >= 0.3 is 5.97 Å². The van der Waals surface area contributed by atoms with Crippen molar-refractivity contribution in [3.63, 3.8) is 0 Å². The molecule has 0 radical (unpaired) electrons. The van der Waals surface area contributed by atoms with Crippen LogP contribution in [0.4, 0.5) is 8.78 Å². The van der Waals surface area contributed by atoms with E-state index in [1.807, 2.05) is 0 Å². The average molecular weight is 453 g/mol. The second-order valence-corrected chi connectivity index (χ2v) is 9.84. The number of halogens is 2. The Balaban J connectivity index is 1.95. The van der Waals surface area contributed by atoms with Gasteiger partial charge in [-0.1, -0.05) is 37.3 Å². The summed E-state index contributed by atoms with van der Waals surface area (Å²) in [5.74, 6) is -3.82. The molecule has 1 aromatic carbocycles. The summed E-state index contributed by atoms with van der Waals surface area (Å²) >= 11 is 0.705. The van der Waals surface area contributed by atoms with Crippen molar-refractivity contribution in [2.24, 2.45) is 0 Å². The molecule has 0 amide bonds. The van der Waals surface area contributed by atoms with Crippen LogP contribution in [-0.4, -0.2) is 30.0 Å². The Morgan fingerprint density at radius 2 is 1.87 bits per heavy atom. The molecule has 0 saturated carbocycles. The molecule has 0 aliphatic rings. The third-order valence-corrected chi connectivity index (χ3v) is 8.00. The summed E-state index contributed by atoms with van der Waals surface area (Å²) in [5, 5.41) is 9.80. The Morgan fingerprint density at radius 1 is 1.20 bits per heavy atom. The largest absolute Gasteiger partial charge is 0.480 e. The predicted molar refractivity (Wildman–Crippen MR) is 109 cm³/mol. The van der Waals surface area contributed by atoms with E-state index in [-0.39, 0.29) is 14.8 Å². The fourth-order valence-corrected chi connectivity index (χ4v) is 5.65. The third kappa shape index (κ3) is 4.25. The van der Waals surface area contributed by atoms with Crippen molar-refractivity contribution in [2.45, 2.75) is 29.5 Å². The monoisotopic (exact) mass is 452 g/mol. The van der Waals surface area contributed by atoms with Crippen LogP contribution in [0.3, 0.4) is 0 Å². The molecule has 3 aromatic rings. The van der Waals surface area contributed by atoms with Crippen molar-refractivity contribution in [1.29, 1.82) is 0 Å². The predicted octanol–water partition coefficient (Wildman–Crippen LogP) is 4.01. The van der Waals surface area contributed by atoms with E-state index < -0.39 is 39.1 Å². The summed E-state index contributed by atoms with van der Waals surface area (Å²) in [6, 6.07) is 11.9. The summed E-state index contributed by atoms with van der Waals surface area (Å²) in [5.41, 5.74) is -1.39. The molecule has 2 unspecified atom stereocenters. The minimum Gasteiger partial charge on any atom is -0.480 e. The summed E-state index contributed by atoms with van der Waals surface area (Å²) in [4.78, 5) is 15.9. The highest BCUT2D eigenvalue weighted by Crippen LogP contribution is 2.34. The van der Waals surface area contributed by atoms with Gasteiger partial charge in [-0.2, -0.15) is 4.72 Å². The molecule has 2 N–H and O–H groups in total. The van der Waals surface area contributed by atoms with Gasteiger partial charge in [-0.15, -0.1) is 11.3 Å². The smallest absolute Gasteiger partial charge is 0.325 e. The number of carbonyl (C=O) groups is 1. The molecular formula is C20H18F2N2O4S2. The fraction of sp³-hybridized carbons (Fsp3) is 0.200. The molecule has 30 heavy (non-hydrogen) atoms. The number of hydrogen-bond donors (Lipinski definition) is 2. The van der Waals surface area contributed by atoms with E-state index in [1.54, 1.807) is 37.3 Å². The Kier molecular flexibility index (Phi) is 6.02. The molecule has 3 rings (SSSR count). The first kappa shape index (κ1) is 22.0. The van der Waals surface area contributed by atoms with Crippen LogP contribution >= 0.6 is 11.3 Å². The topological polar surface area (TPSA) is 96.4 Å². The van der Waals surface area contributed by atoms with Gasteiger partial charge in [0.05, 0.1) is 11.1 Å². The lowest BCUT2D eigenvalue weighted by atomic mass is 9.83. The van der Waals surface area contributed by atoms with Crippen molar-refractivity contribution in [2.75, 3.05) is 0 Å². The van der Waals surface area contributed by atoms with Gasteiger partial charge in [0, 0.05) is 12.0 Å². The highest BCUT2D eigenvalue weighted by Gasteiger charge is 2.44. The minimum absolute atomic E-state index is 0.168. The maximum atomic E-state index is 14.0. The standard InChI is InChI=1S/C20H18F2N2O4S2/c1-12(13-6-4-3-5-7-13)20(2,19(25)26)24-30(27,28)17-9-8-16(29-17)18-15(22)10-14(21)11-23-18/h3-12,24H,1-2H3,(H,25,26). The normalized spacial score (nSPS) is 14.8. The van der Waals surface area contributed by atoms with Crippen LogP contribution in [0.5, 0.6) is 0 Å². The Hall–Kier alpha value is -2.69. The number of nitrogens with zero attached hydrogens (tertiary/aromatic N) is 1. The van der Waals surface area contributed by atoms with E-state index in [2.05, 4.69) is 9.71 Å². The number of nitrogens with one attached hydrogen (secondary N) is 1. The number of carboxylic acid groups (broad SMARTS) is 1. The number of carboxylic acids is 1. The Labute approximate surface area is 176 Å². The van der Waals surface area contributed by atoms with Crippen LogP contribution < -0.4 is 4.72 Å². The number of aromatic nitrogens is 1. The molecule has 10 heteroatoms. The molecule has 0 bridgehead atoms. The van der Waals surface area contributed by atoms with E-state index in [1.165, 1.54) is 19.1 Å². The fourth-order valence-electron chi connectivity index (χ4n) is 2.91. The van der Waals surface area contributed by atoms with Gasteiger partial charge in [-0.05, 0) is 24.6 Å². The van der Waals surface area contributed by atoms with Crippen LogP contribution in [0.15, 0.2) is 58.9 Å². The summed E-state index contributed by atoms with van der Waals surface area (Å²) in [7, 11) is -4.26. The Morgan fingerprint density at radius 3 is 2.47 bits per heavy atom. The van der Waals surface area contributed by atoms with E-state index >= 15 is 0 Å². The molecule has 0 fully saturated rings. The SMILES string of the molecule is CC(c1ccccc1)C(C)(NS(=O)(=O)c1ccc(-c2ncc(F)cc2F)s1)C(=O)O. The van der Waals surface area contributed by atoms with Crippen LogP contribution in [0.25, 0.3) is 10.6 Å². The Bertz CT molecular complexity index is 1180. The zero-order chi connectivity index (χ0) is 22.1. The van der Waals surface area contributed by atoms with Gasteiger partial charge in [0.15, 0.2) is 5.82 Å². The second kappa shape index (κ2) is 8.21. The van der Waals surface area contributed by atoms with Crippen molar-refractivity contribution >= 4 is 27.3 Å². The lowest BCUT2D eigenvalue weighted by molar-refractivity contribution is -0.144. The summed E-state index contributed by atoms with van der Waals surface area (Å²) in [6.45, 7) is 2.91. The highest BCUT2D eigenvalue weighted by molar-refractivity contribution is 7.91. The van der Waals surface area contributed by atoms with Gasteiger partial charge in [0.1, 0.15) is 21.3 Å². The number of aliphatic carboxylic acids is 1. The zero-order valence-electron chi connectivity index (χ0n) is 16.0. The minimum atomic E-state index is -4.26. The molecule has 0 aliphatic heterocycles. The first-order valence-electron chi connectivity index (χ1n) is 8.78. The quantitative estimate of drug-likeness (QED) is 0.565. The lowest BCUT2D eigenvalue weighted by Gasteiger charge is -2.32. The second-order valence-electron chi connectivity index (χ2n) is 6.85. The molecule has 0 spiro atoms. The maximum absolute atomic E-state index is 14.0. The molecule has 6 nitrogen and oxygen atoms in total. The van der Waals surface area contributed by atoms with Crippen molar-refractivity contribution < 1.29 is 27.1 Å². The molecule has 2 aromatic heterocycles. The van der Waals surface area contributed by atoms with E-state index in [0.717, 1.165) is 6.20 Å². The molecular weight excluding hydrogens is 434 g/mol.